The zero-order valence-electron chi connectivity index (χ0n) is 13.2. The summed E-state index contributed by atoms with van der Waals surface area (Å²) in [5.41, 5.74) is -1.37. The molecule has 0 aliphatic heterocycles. The SMILES string of the molecule is Cc1cc(C(F)(F)F)c(C#N)c(SCC(=O)NC2CCCCC2)n1. The topological polar surface area (TPSA) is 65.8 Å². The number of thioether (sulfide) groups is 1. The van der Waals surface area contributed by atoms with Crippen molar-refractivity contribution in [2.45, 2.75) is 56.3 Å². The summed E-state index contributed by atoms with van der Waals surface area (Å²) in [5.74, 6) is -0.300. The molecular formula is C16H18F3N3OS. The molecule has 0 aromatic carbocycles. The van der Waals surface area contributed by atoms with Gasteiger partial charge in [-0.3, -0.25) is 4.79 Å². The van der Waals surface area contributed by atoms with Crippen LogP contribution in [0.15, 0.2) is 11.1 Å². The van der Waals surface area contributed by atoms with Crippen molar-refractivity contribution in [1.82, 2.24) is 10.3 Å². The van der Waals surface area contributed by atoms with Gasteiger partial charge < -0.3 is 5.32 Å². The number of aromatic nitrogens is 1. The van der Waals surface area contributed by atoms with Crippen LogP contribution >= 0.6 is 11.8 Å². The second-order valence-corrected chi connectivity index (χ2v) is 6.76. The molecule has 1 saturated carbocycles. The zero-order valence-corrected chi connectivity index (χ0v) is 14.1. The summed E-state index contributed by atoms with van der Waals surface area (Å²) in [6.07, 6.45) is 0.552. The van der Waals surface area contributed by atoms with Crippen LogP contribution in [0.25, 0.3) is 0 Å². The number of nitriles is 1. The third-order valence-corrected chi connectivity index (χ3v) is 4.82. The van der Waals surface area contributed by atoms with Gasteiger partial charge in [-0.15, -0.1) is 0 Å². The molecule has 1 amide bonds. The van der Waals surface area contributed by atoms with Crippen LogP contribution < -0.4 is 5.32 Å². The number of pyridine rings is 1. The summed E-state index contributed by atoms with van der Waals surface area (Å²) >= 11 is 0.867. The van der Waals surface area contributed by atoms with Crippen LogP contribution in [0.2, 0.25) is 0 Å². The quantitative estimate of drug-likeness (QED) is 0.832. The predicted molar refractivity (Wildman–Crippen MR) is 84.4 cm³/mol. The Kier molecular flexibility index (Phi) is 6.10. The molecule has 0 saturated heterocycles. The zero-order chi connectivity index (χ0) is 17.7. The first-order valence-corrected chi connectivity index (χ1v) is 8.71. The lowest BCUT2D eigenvalue weighted by atomic mass is 9.95. The normalized spacial score (nSPS) is 15.8. The molecular weight excluding hydrogens is 339 g/mol. The Balaban J connectivity index is 2.07. The smallest absolute Gasteiger partial charge is 0.353 e. The molecule has 130 valence electrons. The third-order valence-electron chi connectivity index (χ3n) is 3.84. The van der Waals surface area contributed by atoms with Gasteiger partial charge in [0.2, 0.25) is 5.91 Å². The van der Waals surface area contributed by atoms with E-state index in [0.717, 1.165) is 43.5 Å². The van der Waals surface area contributed by atoms with Gasteiger partial charge in [-0.2, -0.15) is 18.4 Å². The maximum atomic E-state index is 13.0. The maximum Gasteiger partial charge on any atom is 0.417 e. The fourth-order valence-electron chi connectivity index (χ4n) is 2.73. The highest BCUT2D eigenvalue weighted by Crippen LogP contribution is 2.35. The van der Waals surface area contributed by atoms with E-state index in [0.29, 0.717) is 0 Å². The number of alkyl halides is 3. The van der Waals surface area contributed by atoms with Crippen molar-refractivity contribution < 1.29 is 18.0 Å². The number of amides is 1. The van der Waals surface area contributed by atoms with Gasteiger partial charge in [0, 0.05) is 11.7 Å². The number of nitrogens with one attached hydrogen (secondary N) is 1. The first-order valence-electron chi connectivity index (χ1n) is 7.72. The number of aryl methyl sites for hydroxylation is 1. The van der Waals surface area contributed by atoms with E-state index >= 15 is 0 Å². The second-order valence-electron chi connectivity index (χ2n) is 5.79. The molecule has 1 fully saturated rings. The van der Waals surface area contributed by atoms with Crippen molar-refractivity contribution in [3.63, 3.8) is 0 Å². The number of rotatable bonds is 4. The van der Waals surface area contributed by atoms with Crippen LogP contribution in [0.1, 0.15) is 48.9 Å². The van der Waals surface area contributed by atoms with Crippen LogP contribution in [-0.4, -0.2) is 22.7 Å². The number of hydrogen-bond donors (Lipinski definition) is 1. The Morgan fingerprint density at radius 2 is 2.08 bits per heavy atom. The number of carbonyl (C=O) groups is 1. The van der Waals surface area contributed by atoms with Crippen LogP contribution in [-0.2, 0) is 11.0 Å². The highest BCUT2D eigenvalue weighted by atomic mass is 32.2. The van der Waals surface area contributed by atoms with Gasteiger partial charge in [0.1, 0.15) is 11.1 Å². The predicted octanol–water partition coefficient (Wildman–Crippen LogP) is 3.82. The van der Waals surface area contributed by atoms with Crippen molar-refractivity contribution in [3.8, 4) is 6.07 Å². The highest BCUT2D eigenvalue weighted by Gasteiger charge is 2.35. The standard InChI is InChI=1S/C16H18F3N3OS/c1-10-7-13(16(17,18)19)12(8-20)15(21-10)24-9-14(23)22-11-5-3-2-4-6-11/h7,11H,2-6,9H2,1H3,(H,22,23). The monoisotopic (exact) mass is 357 g/mol. The first kappa shape index (κ1) is 18.6. The molecule has 1 N–H and O–H groups in total. The molecule has 0 bridgehead atoms. The maximum absolute atomic E-state index is 13.0. The Bertz CT molecular complexity index is 649. The average molecular weight is 357 g/mol. The van der Waals surface area contributed by atoms with Crippen LogP contribution in [0, 0.1) is 18.3 Å². The van der Waals surface area contributed by atoms with Crippen molar-refractivity contribution >= 4 is 17.7 Å². The van der Waals surface area contributed by atoms with Crippen molar-refractivity contribution in [2.24, 2.45) is 0 Å². The highest BCUT2D eigenvalue weighted by molar-refractivity contribution is 8.00. The summed E-state index contributed by atoms with van der Waals surface area (Å²) in [7, 11) is 0. The van der Waals surface area contributed by atoms with E-state index in [1.165, 1.54) is 13.3 Å². The van der Waals surface area contributed by atoms with E-state index in [9.17, 15) is 18.0 Å². The summed E-state index contributed by atoms with van der Waals surface area (Å²) in [5, 5.41) is 11.9. The fourth-order valence-corrected chi connectivity index (χ4v) is 3.59. The number of hydrogen-bond acceptors (Lipinski definition) is 4. The van der Waals surface area contributed by atoms with Crippen molar-refractivity contribution in [3.05, 3.63) is 22.9 Å². The van der Waals surface area contributed by atoms with Gasteiger partial charge in [0.15, 0.2) is 0 Å². The van der Waals surface area contributed by atoms with Gasteiger partial charge in [-0.05, 0) is 25.8 Å². The van der Waals surface area contributed by atoms with Gasteiger partial charge in [0.25, 0.3) is 0 Å². The third kappa shape index (κ3) is 4.87. The van der Waals surface area contributed by atoms with Crippen LogP contribution in [0.5, 0.6) is 0 Å². The molecule has 0 unspecified atom stereocenters. The van der Waals surface area contributed by atoms with Gasteiger partial charge in [-0.25, -0.2) is 4.98 Å². The molecule has 0 spiro atoms. The van der Waals surface area contributed by atoms with E-state index in [4.69, 9.17) is 5.26 Å². The molecule has 1 aromatic rings. The van der Waals surface area contributed by atoms with Gasteiger partial charge >= 0.3 is 6.18 Å². The molecule has 1 heterocycles. The number of carbonyl (C=O) groups excluding carboxylic acids is 1. The molecule has 0 atom stereocenters. The minimum Gasteiger partial charge on any atom is -0.353 e. The summed E-state index contributed by atoms with van der Waals surface area (Å²) < 4.78 is 39.1. The molecule has 1 aliphatic carbocycles. The van der Waals surface area contributed by atoms with Crippen LogP contribution in [0.4, 0.5) is 13.2 Å². The molecule has 4 nitrogen and oxygen atoms in total. The number of nitrogens with zero attached hydrogens (tertiary/aromatic N) is 2. The van der Waals surface area contributed by atoms with Crippen LogP contribution in [0.3, 0.4) is 0 Å². The largest absolute Gasteiger partial charge is 0.417 e. The Hall–Kier alpha value is -1.75. The lowest BCUT2D eigenvalue weighted by molar-refractivity contribution is -0.138. The molecule has 8 heteroatoms. The van der Waals surface area contributed by atoms with E-state index in [-0.39, 0.29) is 28.4 Å². The molecule has 0 radical (unpaired) electrons. The fraction of sp³-hybridized carbons (Fsp3) is 0.562. The van der Waals surface area contributed by atoms with E-state index < -0.39 is 17.3 Å². The van der Waals surface area contributed by atoms with Gasteiger partial charge in [-0.1, -0.05) is 31.0 Å². The average Bonchev–Trinajstić information content (AvgIpc) is 2.52. The minimum atomic E-state index is -4.63. The van der Waals surface area contributed by atoms with Crippen molar-refractivity contribution in [1.29, 1.82) is 5.26 Å². The second kappa shape index (κ2) is 7.88. The lowest BCUT2D eigenvalue weighted by Gasteiger charge is -2.22. The summed E-state index contributed by atoms with van der Waals surface area (Å²) in [4.78, 5) is 16.0. The molecule has 2 rings (SSSR count). The van der Waals surface area contributed by atoms with E-state index in [1.54, 1.807) is 6.07 Å². The molecule has 1 aromatic heterocycles. The van der Waals surface area contributed by atoms with E-state index in [2.05, 4.69) is 10.3 Å². The number of halogens is 3. The van der Waals surface area contributed by atoms with Crippen molar-refractivity contribution in [2.75, 3.05) is 5.75 Å². The lowest BCUT2D eigenvalue weighted by Crippen LogP contribution is -2.37. The summed E-state index contributed by atoms with van der Waals surface area (Å²) in [6, 6.07) is 2.56. The van der Waals surface area contributed by atoms with Gasteiger partial charge in [0.05, 0.1) is 16.9 Å². The molecule has 1 aliphatic rings. The Morgan fingerprint density at radius 1 is 1.42 bits per heavy atom. The summed E-state index contributed by atoms with van der Waals surface area (Å²) in [6.45, 7) is 1.43. The first-order chi connectivity index (χ1) is 11.3. The Labute approximate surface area is 142 Å². The Morgan fingerprint density at radius 3 is 2.67 bits per heavy atom. The van der Waals surface area contributed by atoms with E-state index in [1.807, 2.05) is 0 Å². The molecule has 24 heavy (non-hydrogen) atoms. The minimum absolute atomic E-state index is 0.0522.